The van der Waals surface area contributed by atoms with Crippen molar-refractivity contribution in [3.8, 4) is 5.75 Å². The number of carbonyl (C=O) groups excluding carboxylic acids is 3. The van der Waals surface area contributed by atoms with Crippen LogP contribution in [0.3, 0.4) is 0 Å². The van der Waals surface area contributed by atoms with E-state index in [2.05, 4.69) is 22.4 Å². The number of anilines is 1. The van der Waals surface area contributed by atoms with Crippen molar-refractivity contribution >= 4 is 34.9 Å². The summed E-state index contributed by atoms with van der Waals surface area (Å²) in [4.78, 5) is 39.4. The van der Waals surface area contributed by atoms with Gasteiger partial charge in [0, 0.05) is 11.8 Å². The number of nitrogens with one attached hydrogen (secondary N) is 2. The zero-order valence-electron chi connectivity index (χ0n) is 23.9. The van der Waals surface area contributed by atoms with Crippen LogP contribution in [0.5, 0.6) is 5.75 Å². The number of nitrogens with zero attached hydrogens (tertiary/aromatic N) is 1. The van der Waals surface area contributed by atoms with E-state index in [-0.39, 0.29) is 16.3 Å². The van der Waals surface area contributed by atoms with E-state index in [0.717, 1.165) is 19.3 Å². The Bertz CT molecular complexity index is 1240. The van der Waals surface area contributed by atoms with Crippen LogP contribution in [0.25, 0.3) is 0 Å². The van der Waals surface area contributed by atoms with Crippen LogP contribution in [-0.4, -0.2) is 41.6 Å². The Morgan fingerprint density at radius 1 is 0.878 bits per heavy atom. The van der Waals surface area contributed by atoms with Gasteiger partial charge in [0.15, 0.2) is 5.78 Å². The molecule has 0 fully saturated rings. The van der Waals surface area contributed by atoms with E-state index in [1.165, 1.54) is 70.4 Å². The number of hydrogen-bond acceptors (Lipinski definition) is 6. The van der Waals surface area contributed by atoms with Crippen LogP contribution in [0.15, 0.2) is 54.7 Å². The van der Waals surface area contributed by atoms with Crippen LogP contribution in [-0.2, 0) is 9.53 Å². The van der Waals surface area contributed by atoms with E-state index in [0.29, 0.717) is 23.6 Å². The zero-order chi connectivity index (χ0) is 29.5. The summed E-state index contributed by atoms with van der Waals surface area (Å²) in [6.45, 7) is 2.56. The van der Waals surface area contributed by atoms with Gasteiger partial charge in [0.2, 0.25) is 5.91 Å². The standard InChI is InChI=1S/C32H40ClN3O5/c1-3-4-5-6-7-8-9-10-11-12-21-41-32(39)24-15-18-26(33)28(22-24)35-31(38)29(27-19-20-34-36-27)30(37)23-13-16-25(40-2)17-14-23/h13-20,22,29H,3-12,21H2,1-2H3,(H,34,36)(H,35,38). The maximum atomic E-state index is 13.4. The number of H-pyrrole nitrogens is 1. The largest absolute Gasteiger partial charge is 0.497 e. The molecule has 0 aliphatic carbocycles. The Hall–Kier alpha value is -3.65. The fourth-order valence-electron chi connectivity index (χ4n) is 4.54. The van der Waals surface area contributed by atoms with E-state index in [4.69, 9.17) is 21.1 Å². The van der Waals surface area contributed by atoms with Gasteiger partial charge in [-0.15, -0.1) is 0 Å². The predicted octanol–water partition coefficient (Wildman–Crippen LogP) is 7.75. The van der Waals surface area contributed by atoms with Gasteiger partial charge < -0.3 is 14.8 Å². The van der Waals surface area contributed by atoms with Crippen LogP contribution >= 0.6 is 11.6 Å². The average molecular weight is 582 g/mol. The molecule has 2 N–H and O–H groups in total. The number of hydrogen-bond donors (Lipinski definition) is 2. The molecule has 41 heavy (non-hydrogen) atoms. The van der Waals surface area contributed by atoms with Crippen LogP contribution in [0.1, 0.15) is 103 Å². The number of halogens is 1. The highest BCUT2D eigenvalue weighted by Crippen LogP contribution is 2.27. The molecule has 3 rings (SSSR count). The highest BCUT2D eigenvalue weighted by atomic mass is 35.5. The number of unbranched alkanes of at least 4 members (excludes halogenated alkanes) is 9. The topological polar surface area (TPSA) is 110 Å². The molecule has 0 bridgehead atoms. The van der Waals surface area contributed by atoms with E-state index >= 15 is 0 Å². The summed E-state index contributed by atoms with van der Waals surface area (Å²) >= 11 is 6.34. The fourth-order valence-corrected chi connectivity index (χ4v) is 4.71. The number of ether oxygens (including phenoxy) is 2. The highest BCUT2D eigenvalue weighted by Gasteiger charge is 2.31. The Morgan fingerprint density at radius 3 is 2.12 bits per heavy atom. The van der Waals surface area contributed by atoms with Crippen molar-refractivity contribution in [2.45, 2.75) is 77.0 Å². The molecule has 0 aliphatic rings. The number of carbonyl (C=O) groups is 3. The molecule has 1 unspecified atom stereocenters. The molecule has 0 saturated heterocycles. The normalized spacial score (nSPS) is 11.6. The summed E-state index contributed by atoms with van der Waals surface area (Å²) < 4.78 is 10.6. The van der Waals surface area contributed by atoms with Crippen LogP contribution in [0.4, 0.5) is 5.69 Å². The second-order valence-electron chi connectivity index (χ2n) is 10.0. The molecular weight excluding hydrogens is 542 g/mol. The van der Waals surface area contributed by atoms with Gasteiger partial charge in [-0.05, 0) is 55.0 Å². The van der Waals surface area contributed by atoms with Gasteiger partial charge in [-0.25, -0.2) is 4.79 Å². The molecule has 1 amide bonds. The molecule has 0 spiro atoms. The van der Waals surface area contributed by atoms with Gasteiger partial charge in [0.05, 0.1) is 35.7 Å². The molecule has 1 aromatic heterocycles. The lowest BCUT2D eigenvalue weighted by Gasteiger charge is -2.16. The maximum absolute atomic E-state index is 13.4. The summed E-state index contributed by atoms with van der Waals surface area (Å²) in [5.74, 6) is -2.17. The first kappa shape index (κ1) is 31.9. The number of esters is 1. The number of benzene rings is 2. The maximum Gasteiger partial charge on any atom is 0.338 e. The van der Waals surface area contributed by atoms with E-state index in [1.54, 1.807) is 36.4 Å². The molecule has 1 atom stereocenters. The Labute approximate surface area is 247 Å². The Kier molecular flexibility index (Phi) is 13.4. The lowest BCUT2D eigenvalue weighted by atomic mass is 9.93. The van der Waals surface area contributed by atoms with Crippen molar-refractivity contribution in [1.29, 1.82) is 0 Å². The monoisotopic (exact) mass is 581 g/mol. The first-order valence-electron chi connectivity index (χ1n) is 14.4. The number of amides is 1. The molecule has 0 aliphatic heterocycles. The van der Waals surface area contributed by atoms with Crippen molar-refractivity contribution in [2.24, 2.45) is 0 Å². The summed E-state index contributed by atoms with van der Waals surface area (Å²) in [5.41, 5.74) is 1.12. The lowest BCUT2D eigenvalue weighted by molar-refractivity contribution is -0.116. The first-order valence-corrected chi connectivity index (χ1v) is 14.8. The second kappa shape index (κ2) is 17.2. The van der Waals surface area contributed by atoms with Gasteiger partial charge in [0.25, 0.3) is 0 Å². The first-order chi connectivity index (χ1) is 19.9. The van der Waals surface area contributed by atoms with Crippen molar-refractivity contribution in [2.75, 3.05) is 19.0 Å². The van der Waals surface area contributed by atoms with Gasteiger partial charge >= 0.3 is 5.97 Å². The number of ketones is 1. The third-order valence-electron chi connectivity index (χ3n) is 6.92. The van der Waals surface area contributed by atoms with Crippen LogP contribution in [0, 0.1) is 0 Å². The van der Waals surface area contributed by atoms with E-state index < -0.39 is 23.6 Å². The third kappa shape index (κ3) is 10.0. The smallest absolute Gasteiger partial charge is 0.338 e. The predicted molar refractivity (Wildman–Crippen MR) is 161 cm³/mol. The number of Topliss-reactive ketones (excluding diaryl/α,β-unsaturated/α-hetero) is 1. The molecular formula is C32H40ClN3O5. The Morgan fingerprint density at radius 2 is 1.51 bits per heavy atom. The van der Waals surface area contributed by atoms with E-state index in [9.17, 15) is 14.4 Å². The lowest BCUT2D eigenvalue weighted by Crippen LogP contribution is -2.28. The molecule has 2 aromatic carbocycles. The van der Waals surface area contributed by atoms with Gasteiger partial charge in [0.1, 0.15) is 11.7 Å². The third-order valence-corrected chi connectivity index (χ3v) is 7.25. The minimum Gasteiger partial charge on any atom is -0.497 e. The quantitative estimate of drug-likeness (QED) is 0.0687. The molecule has 220 valence electrons. The number of rotatable bonds is 18. The van der Waals surface area contributed by atoms with Crippen molar-refractivity contribution in [3.63, 3.8) is 0 Å². The average Bonchev–Trinajstić information content (AvgIpc) is 3.51. The minimum atomic E-state index is -1.21. The minimum absolute atomic E-state index is 0.206. The SMILES string of the molecule is CCCCCCCCCCCCOC(=O)c1ccc(Cl)c(NC(=O)C(C(=O)c2ccc(OC)cc2)c2ccn[nH]2)c1. The summed E-state index contributed by atoms with van der Waals surface area (Å²) in [5, 5.41) is 9.54. The molecule has 3 aromatic rings. The van der Waals surface area contributed by atoms with E-state index in [1.807, 2.05) is 0 Å². The molecule has 9 heteroatoms. The fraction of sp³-hybridized carbons (Fsp3) is 0.438. The van der Waals surface area contributed by atoms with Crippen LogP contribution in [0.2, 0.25) is 5.02 Å². The second-order valence-corrected chi connectivity index (χ2v) is 10.4. The van der Waals surface area contributed by atoms with Gasteiger partial charge in [-0.3, -0.25) is 14.7 Å². The van der Waals surface area contributed by atoms with Crippen molar-refractivity contribution in [3.05, 3.63) is 76.6 Å². The molecule has 1 heterocycles. The summed E-state index contributed by atoms with van der Waals surface area (Å²) in [6.07, 6.45) is 13.4. The van der Waals surface area contributed by atoms with Crippen molar-refractivity contribution < 1.29 is 23.9 Å². The van der Waals surface area contributed by atoms with Gasteiger partial charge in [-0.1, -0.05) is 76.3 Å². The molecule has 8 nitrogen and oxygen atoms in total. The molecule has 0 radical (unpaired) electrons. The van der Waals surface area contributed by atoms with Crippen molar-refractivity contribution in [1.82, 2.24) is 10.2 Å². The van der Waals surface area contributed by atoms with Gasteiger partial charge in [-0.2, -0.15) is 5.10 Å². The number of aromatic nitrogens is 2. The number of methoxy groups -OCH3 is 1. The molecule has 0 saturated carbocycles. The summed E-state index contributed by atoms with van der Waals surface area (Å²) in [6, 6.07) is 12.6. The highest BCUT2D eigenvalue weighted by molar-refractivity contribution is 6.34. The zero-order valence-corrected chi connectivity index (χ0v) is 24.7. The summed E-state index contributed by atoms with van der Waals surface area (Å²) in [7, 11) is 1.53. The Balaban J connectivity index is 1.55. The van der Waals surface area contributed by atoms with Crippen LogP contribution < -0.4 is 10.1 Å². The number of aromatic amines is 1.